The standard InChI is InChI=1S/C16H22N2O3/c1-12(11-18-7-2-3-8-18)10-17-15(19)13-5-4-6-14(9-13)16(20)21/h4-6,9,12H,2-3,7-8,10-11H2,1H3,(H,17,19)(H,20,21). The minimum absolute atomic E-state index is 0.132. The third-order valence-electron chi connectivity index (χ3n) is 3.75. The largest absolute Gasteiger partial charge is 0.478 e. The highest BCUT2D eigenvalue weighted by Crippen LogP contribution is 2.10. The van der Waals surface area contributed by atoms with Crippen molar-refractivity contribution < 1.29 is 14.7 Å². The molecule has 1 aliphatic rings. The fourth-order valence-electron chi connectivity index (χ4n) is 2.63. The Labute approximate surface area is 125 Å². The second kappa shape index (κ2) is 7.22. The van der Waals surface area contributed by atoms with E-state index in [0.29, 0.717) is 18.0 Å². The number of carboxylic acid groups (broad SMARTS) is 1. The smallest absolute Gasteiger partial charge is 0.335 e. The third-order valence-corrected chi connectivity index (χ3v) is 3.75. The first-order chi connectivity index (χ1) is 10.1. The number of nitrogens with zero attached hydrogens (tertiary/aromatic N) is 1. The minimum atomic E-state index is -1.02. The average Bonchev–Trinajstić information content (AvgIpc) is 2.97. The van der Waals surface area contributed by atoms with Crippen LogP contribution in [0.1, 0.15) is 40.5 Å². The molecule has 1 aliphatic heterocycles. The van der Waals surface area contributed by atoms with E-state index in [1.807, 2.05) is 0 Å². The van der Waals surface area contributed by atoms with E-state index in [1.54, 1.807) is 12.1 Å². The number of aromatic carboxylic acids is 1. The summed E-state index contributed by atoms with van der Waals surface area (Å²) in [6.45, 7) is 6.02. The van der Waals surface area contributed by atoms with Crippen LogP contribution in [0.25, 0.3) is 0 Å². The highest BCUT2D eigenvalue weighted by molar-refractivity contribution is 5.97. The number of carboxylic acids is 1. The monoisotopic (exact) mass is 290 g/mol. The fourth-order valence-corrected chi connectivity index (χ4v) is 2.63. The van der Waals surface area contributed by atoms with Crippen molar-refractivity contribution in [2.24, 2.45) is 5.92 Å². The van der Waals surface area contributed by atoms with Crippen LogP contribution in [-0.4, -0.2) is 48.1 Å². The van der Waals surface area contributed by atoms with Gasteiger partial charge in [-0.05, 0) is 50.0 Å². The molecule has 0 aliphatic carbocycles. The zero-order valence-electron chi connectivity index (χ0n) is 12.3. The van der Waals surface area contributed by atoms with Gasteiger partial charge in [0.1, 0.15) is 0 Å². The second-order valence-electron chi connectivity index (χ2n) is 5.71. The lowest BCUT2D eigenvalue weighted by atomic mass is 10.1. The highest BCUT2D eigenvalue weighted by Gasteiger charge is 2.15. The number of nitrogens with one attached hydrogen (secondary N) is 1. The molecule has 0 spiro atoms. The number of amides is 1. The van der Waals surface area contributed by atoms with Crippen molar-refractivity contribution in [3.8, 4) is 0 Å². The molecule has 0 bridgehead atoms. The van der Waals surface area contributed by atoms with Crippen molar-refractivity contribution in [1.29, 1.82) is 0 Å². The summed E-state index contributed by atoms with van der Waals surface area (Å²) in [5.74, 6) is -0.854. The summed E-state index contributed by atoms with van der Waals surface area (Å²) < 4.78 is 0. The number of rotatable bonds is 6. The third kappa shape index (κ3) is 4.56. The van der Waals surface area contributed by atoms with Crippen molar-refractivity contribution in [2.45, 2.75) is 19.8 Å². The van der Waals surface area contributed by atoms with Crippen LogP contribution in [0.4, 0.5) is 0 Å². The zero-order valence-corrected chi connectivity index (χ0v) is 12.3. The van der Waals surface area contributed by atoms with E-state index in [-0.39, 0.29) is 11.5 Å². The van der Waals surface area contributed by atoms with Gasteiger partial charge in [-0.2, -0.15) is 0 Å². The maximum absolute atomic E-state index is 12.0. The van der Waals surface area contributed by atoms with Gasteiger partial charge >= 0.3 is 5.97 Å². The van der Waals surface area contributed by atoms with Crippen LogP contribution in [0.2, 0.25) is 0 Å². The van der Waals surface area contributed by atoms with Crippen LogP contribution in [0, 0.1) is 5.92 Å². The van der Waals surface area contributed by atoms with Gasteiger partial charge in [-0.1, -0.05) is 13.0 Å². The summed E-state index contributed by atoms with van der Waals surface area (Å²) in [5, 5.41) is 11.8. The molecule has 21 heavy (non-hydrogen) atoms. The van der Waals surface area contributed by atoms with Crippen molar-refractivity contribution in [1.82, 2.24) is 10.2 Å². The molecule has 2 N–H and O–H groups in total. The first-order valence-corrected chi connectivity index (χ1v) is 7.40. The molecule has 1 aromatic carbocycles. The molecule has 1 heterocycles. The molecule has 0 saturated carbocycles. The molecule has 2 rings (SSSR count). The summed E-state index contributed by atoms with van der Waals surface area (Å²) in [5.41, 5.74) is 0.524. The van der Waals surface area contributed by atoms with Crippen LogP contribution in [0.15, 0.2) is 24.3 Å². The summed E-state index contributed by atoms with van der Waals surface area (Å²) in [4.78, 5) is 25.4. The minimum Gasteiger partial charge on any atom is -0.478 e. The SMILES string of the molecule is CC(CNC(=O)c1cccc(C(=O)O)c1)CN1CCCC1. The van der Waals surface area contributed by atoms with Gasteiger partial charge < -0.3 is 15.3 Å². The Morgan fingerprint density at radius 3 is 2.62 bits per heavy atom. The molecule has 1 aromatic rings. The maximum atomic E-state index is 12.0. The molecule has 1 atom stereocenters. The van der Waals surface area contributed by atoms with E-state index in [4.69, 9.17) is 5.11 Å². The van der Waals surface area contributed by atoms with Gasteiger partial charge in [0, 0.05) is 18.7 Å². The normalized spacial score (nSPS) is 16.6. The second-order valence-corrected chi connectivity index (χ2v) is 5.71. The Bertz CT molecular complexity index is 510. The number of carbonyl (C=O) groups is 2. The Hall–Kier alpha value is -1.88. The lowest BCUT2D eigenvalue weighted by Crippen LogP contribution is -2.34. The van der Waals surface area contributed by atoms with Gasteiger partial charge in [-0.25, -0.2) is 4.79 Å². The Morgan fingerprint density at radius 2 is 1.95 bits per heavy atom. The molecular weight excluding hydrogens is 268 g/mol. The van der Waals surface area contributed by atoms with Crippen LogP contribution in [0.3, 0.4) is 0 Å². The number of hydrogen-bond acceptors (Lipinski definition) is 3. The number of hydrogen-bond donors (Lipinski definition) is 2. The van der Waals surface area contributed by atoms with Crippen LogP contribution in [-0.2, 0) is 0 Å². The fraction of sp³-hybridized carbons (Fsp3) is 0.500. The lowest BCUT2D eigenvalue weighted by molar-refractivity contribution is 0.0697. The Kier molecular flexibility index (Phi) is 5.33. The van der Waals surface area contributed by atoms with Crippen LogP contribution in [0.5, 0.6) is 0 Å². The molecule has 1 amide bonds. The first kappa shape index (κ1) is 15.5. The van der Waals surface area contributed by atoms with E-state index in [2.05, 4.69) is 17.1 Å². The van der Waals surface area contributed by atoms with E-state index in [0.717, 1.165) is 19.6 Å². The van der Waals surface area contributed by atoms with Gasteiger partial charge in [0.25, 0.3) is 5.91 Å². The number of carbonyl (C=O) groups excluding carboxylic acids is 1. The molecule has 114 valence electrons. The summed E-state index contributed by atoms with van der Waals surface area (Å²) >= 11 is 0. The van der Waals surface area contributed by atoms with Gasteiger partial charge in [0.2, 0.25) is 0 Å². The Morgan fingerprint density at radius 1 is 1.29 bits per heavy atom. The molecule has 5 heteroatoms. The van der Waals surface area contributed by atoms with Gasteiger partial charge in [0.05, 0.1) is 5.56 Å². The molecular formula is C16H22N2O3. The number of benzene rings is 1. The molecule has 0 aromatic heterocycles. The highest BCUT2D eigenvalue weighted by atomic mass is 16.4. The summed E-state index contributed by atoms with van der Waals surface area (Å²) in [6, 6.07) is 6.11. The van der Waals surface area contributed by atoms with Crippen molar-refractivity contribution in [3.63, 3.8) is 0 Å². The molecule has 1 fully saturated rings. The average molecular weight is 290 g/mol. The Balaban J connectivity index is 1.83. The van der Waals surface area contributed by atoms with Crippen molar-refractivity contribution >= 4 is 11.9 Å². The summed E-state index contributed by atoms with van der Waals surface area (Å²) in [7, 11) is 0. The zero-order chi connectivity index (χ0) is 15.2. The first-order valence-electron chi connectivity index (χ1n) is 7.40. The van der Waals surface area contributed by atoms with E-state index < -0.39 is 5.97 Å². The topological polar surface area (TPSA) is 69.6 Å². The molecule has 1 saturated heterocycles. The van der Waals surface area contributed by atoms with E-state index >= 15 is 0 Å². The van der Waals surface area contributed by atoms with Gasteiger partial charge in [-0.3, -0.25) is 4.79 Å². The van der Waals surface area contributed by atoms with Crippen molar-refractivity contribution in [3.05, 3.63) is 35.4 Å². The van der Waals surface area contributed by atoms with E-state index in [9.17, 15) is 9.59 Å². The van der Waals surface area contributed by atoms with Crippen molar-refractivity contribution in [2.75, 3.05) is 26.2 Å². The van der Waals surface area contributed by atoms with Gasteiger partial charge in [0.15, 0.2) is 0 Å². The summed E-state index contributed by atoms with van der Waals surface area (Å²) in [6.07, 6.45) is 2.53. The van der Waals surface area contributed by atoms with Gasteiger partial charge in [-0.15, -0.1) is 0 Å². The molecule has 0 radical (unpaired) electrons. The van der Waals surface area contributed by atoms with E-state index in [1.165, 1.54) is 25.0 Å². The quantitative estimate of drug-likeness (QED) is 0.839. The molecule has 5 nitrogen and oxygen atoms in total. The van der Waals surface area contributed by atoms with Crippen LogP contribution < -0.4 is 5.32 Å². The predicted molar refractivity (Wildman–Crippen MR) is 80.6 cm³/mol. The lowest BCUT2D eigenvalue weighted by Gasteiger charge is -2.20. The molecule has 1 unspecified atom stereocenters. The predicted octanol–water partition coefficient (Wildman–Crippen LogP) is 1.85. The number of likely N-dealkylation sites (tertiary alicyclic amines) is 1. The van der Waals surface area contributed by atoms with Crippen LogP contribution >= 0.6 is 0 Å². The maximum Gasteiger partial charge on any atom is 0.335 e.